The molecule has 192 valence electrons. The van der Waals surface area contributed by atoms with Gasteiger partial charge in [0.1, 0.15) is 0 Å². The third-order valence-electron chi connectivity index (χ3n) is 9.28. The van der Waals surface area contributed by atoms with Gasteiger partial charge >= 0.3 is 229 Å². The first-order valence-corrected chi connectivity index (χ1v) is 19.0. The number of rotatable bonds is 8. The number of hydrogen-bond acceptors (Lipinski definition) is 0. The Hall–Kier alpha value is -2.13. The van der Waals surface area contributed by atoms with Crippen LogP contribution in [0.4, 0.5) is 0 Å². The molecule has 0 heterocycles. The van der Waals surface area contributed by atoms with Gasteiger partial charge in [0.05, 0.1) is 0 Å². The zero-order valence-corrected chi connectivity index (χ0v) is 26.1. The monoisotopic (exact) mass is 524 g/mol. The van der Waals surface area contributed by atoms with Gasteiger partial charge in [0.2, 0.25) is 0 Å². The van der Waals surface area contributed by atoms with Crippen LogP contribution < -0.4 is 21.2 Å². The van der Waals surface area contributed by atoms with Gasteiger partial charge in [-0.25, -0.2) is 0 Å². The first kappa shape index (κ1) is 27.9. The van der Waals surface area contributed by atoms with Crippen LogP contribution >= 0.6 is 14.3 Å². The average Bonchev–Trinajstić information content (AvgIpc) is 2.89. The van der Waals surface area contributed by atoms with E-state index in [1.54, 1.807) is 21.2 Å². The minimum absolute atomic E-state index is 0.607. The van der Waals surface area contributed by atoms with Crippen LogP contribution in [0.5, 0.6) is 0 Å². The van der Waals surface area contributed by atoms with Crippen LogP contribution in [0.25, 0.3) is 0 Å². The van der Waals surface area contributed by atoms with Gasteiger partial charge in [-0.05, 0) is 0 Å². The SMILES string of the molecule is B[PH](c1ccc(C)cc1)(c1ccc(C)cc1)[C@@H](C)C[C@H](C)[PH](B)(c1ccc(C)cc1)c1ccc(C)cc1. The van der Waals surface area contributed by atoms with E-state index in [9.17, 15) is 0 Å². The van der Waals surface area contributed by atoms with Crippen molar-refractivity contribution in [2.45, 2.75) is 59.3 Å². The third kappa shape index (κ3) is 5.67. The molecule has 4 aromatic rings. The van der Waals surface area contributed by atoms with Gasteiger partial charge in [0, 0.05) is 0 Å². The Morgan fingerprint density at radius 1 is 0.432 bits per heavy atom. The Kier molecular flexibility index (Phi) is 8.53. The summed E-state index contributed by atoms with van der Waals surface area (Å²) >= 11 is 0. The van der Waals surface area contributed by atoms with Crippen LogP contribution in [-0.4, -0.2) is 26.4 Å². The summed E-state index contributed by atoms with van der Waals surface area (Å²) in [5, 5.41) is 6.21. The number of hydrogen-bond donors (Lipinski definition) is 0. The number of benzene rings is 4. The van der Waals surface area contributed by atoms with E-state index in [4.69, 9.17) is 0 Å². The molecule has 4 rings (SSSR count). The minimum atomic E-state index is -1.99. The van der Waals surface area contributed by atoms with Crippen LogP contribution in [0, 0.1) is 27.7 Å². The molecule has 2 atom stereocenters. The molecule has 0 saturated carbocycles. The second-order valence-electron chi connectivity index (χ2n) is 11.9. The molecule has 37 heavy (non-hydrogen) atoms. The van der Waals surface area contributed by atoms with Crippen LogP contribution in [0.2, 0.25) is 0 Å². The second-order valence-corrected chi connectivity index (χ2v) is 21.0. The summed E-state index contributed by atoms with van der Waals surface area (Å²) in [6, 6.07) is 37.8. The van der Waals surface area contributed by atoms with Crippen molar-refractivity contribution in [3.05, 3.63) is 119 Å². The molecule has 0 unspecified atom stereocenters. The van der Waals surface area contributed by atoms with E-state index in [0.29, 0.717) is 11.3 Å². The fourth-order valence-corrected chi connectivity index (χ4v) is 14.3. The Morgan fingerprint density at radius 2 is 0.622 bits per heavy atom. The zero-order valence-electron chi connectivity index (χ0n) is 24.1. The van der Waals surface area contributed by atoms with Gasteiger partial charge in [-0.2, -0.15) is 0 Å². The van der Waals surface area contributed by atoms with E-state index in [0.717, 1.165) is 0 Å². The third-order valence-corrected chi connectivity index (χ3v) is 19.8. The van der Waals surface area contributed by atoms with Crippen molar-refractivity contribution < 1.29 is 0 Å². The fraction of sp³-hybridized carbons (Fsp3) is 0.273. The average molecular weight is 524 g/mol. The van der Waals surface area contributed by atoms with E-state index in [-0.39, 0.29) is 0 Å². The topological polar surface area (TPSA) is 0 Å². The molecule has 0 aromatic heterocycles. The molecule has 0 aliphatic rings. The van der Waals surface area contributed by atoms with Gasteiger partial charge in [-0.1, -0.05) is 0 Å². The Balaban J connectivity index is 1.78. The maximum atomic E-state index is 2.61. The molecule has 0 bridgehead atoms. The van der Waals surface area contributed by atoms with Crippen molar-refractivity contribution >= 4 is 50.6 Å². The fourth-order valence-electron chi connectivity index (χ4n) is 6.07. The molecule has 0 spiro atoms. The van der Waals surface area contributed by atoms with Crippen LogP contribution in [0.1, 0.15) is 42.5 Å². The molecule has 0 fully saturated rings. The maximum absolute atomic E-state index is 2.61. The Morgan fingerprint density at radius 3 is 0.811 bits per heavy atom. The molecule has 0 radical (unpaired) electrons. The second kappa shape index (κ2) is 11.3. The molecular formula is C33H44B2P2. The van der Waals surface area contributed by atoms with E-state index >= 15 is 0 Å². The quantitative estimate of drug-likeness (QED) is 0.217. The van der Waals surface area contributed by atoms with Crippen molar-refractivity contribution in [3.63, 3.8) is 0 Å². The van der Waals surface area contributed by atoms with E-state index in [2.05, 4.69) is 154 Å². The van der Waals surface area contributed by atoms with Gasteiger partial charge in [-0.15, -0.1) is 0 Å². The van der Waals surface area contributed by atoms with Crippen molar-refractivity contribution in [2.24, 2.45) is 0 Å². The number of aryl methyl sites for hydroxylation is 4. The van der Waals surface area contributed by atoms with Crippen molar-refractivity contribution in [3.8, 4) is 0 Å². The molecule has 0 aliphatic heterocycles. The van der Waals surface area contributed by atoms with Crippen molar-refractivity contribution in [2.75, 3.05) is 0 Å². The van der Waals surface area contributed by atoms with Crippen LogP contribution in [-0.2, 0) is 0 Å². The molecule has 0 amide bonds. The predicted molar refractivity (Wildman–Crippen MR) is 181 cm³/mol. The molecule has 0 aliphatic carbocycles. The van der Waals surface area contributed by atoms with Crippen LogP contribution in [0.15, 0.2) is 97.1 Å². The van der Waals surface area contributed by atoms with E-state index < -0.39 is 14.3 Å². The molecule has 0 nitrogen and oxygen atoms in total. The van der Waals surface area contributed by atoms with Gasteiger partial charge < -0.3 is 0 Å². The van der Waals surface area contributed by atoms with E-state index in [1.807, 2.05) is 0 Å². The first-order valence-electron chi connectivity index (χ1n) is 13.8. The van der Waals surface area contributed by atoms with E-state index in [1.165, 1.54) is 28.7 Å². The van der Waals surface area contributed by atoms with Crippen LogP contribution in [0.3, 0.4) is 0 Å². The Labute approximate surface area is 228 Å². The summed E-state index contributed by atoms with van der Waals surface area (Å²) in [4.78, 5) is 0. The molecule has 4 aromatic carbocycles. The molecular weight excluding hydrogens is 480 g/mol. The summed E-state index contributed by atoms with van der Waals surface area (Å²) in [5.74, 6) is 0. The summed E-state index contributed by atoms with van der Waals surface area (Å²) in [7, 11) is 1.23. The predicted octanol–water partition coefficient (Wildman–Crippen LogP) is 5.29. The van der Waals surface area contributed by atoms with Gasteiger partial charge in [-0.3, -0.25) is 0 Å². The summed E-state index contributed by atoms with van der Waals surface area (Å²) in [5.41, 5.74) is 6.56. The molecule has 0 N–H and O–H groups in total. The summed E-state index contributed by atoms with van der Waals surface area (Å²) < 4.78 is 0. The first-order chi connectivity index (χ1) is 17.5. The van der Waals surface area contributed by atoms with Crippen molar-refractivity contribution in [1.29, 1.82) is 0 Å². The standard InChI is InChI=1S/C33H44B2P2/c1-24-7-15-30(16-8-24)36(34,31-17-9-25(2)10-18-31)28(5)23-29(6)37(35,32-19-11-26(3)12-20-32)33-21-13-27(4)14-22-33/h7-22,28-29,36-37H,23,34-35H2,1-6H3/t28-,29-/m0/s1. The van der Waals surface area contributed by atoms with Gasteiger partial charge in [0.25, 0.3) is 0 Å². The summed E-state index contributed by atoms with van der Waals surface area (Å²) in [6.45, 7) is 13.9. The normalized spacial score (nSPS) is 14.6. The van der Waals surface area contributed by atoms with Crippen molar-refractivity contribution in [1.82, 2.24) is 0 Å². The van der Waals surface area contributed by atoms with Gasteiger partial charge in [0.15, 0.2) is 0 Å². The Bertz CT molecular complexity index is 1120. The molecule has 0 saturated heterocycles. The summed E-state index contributed by atoms with van der Waals surface area (Å²) in [6.07, 6.45) is 1.23. The molecule has 4 heteroatoms. The zero-order chi connectivity index (χ0) is 26.8.